The Bertz CT molecular complexity index is 1160. The minimum Gasteiger partial charge on any atom is -0.496 e. The number of hydrogen-bond donors (Lipinski definition) is 1. The number of hydrogen-bond acceptors (Lipinski definition) is 7. The molecule has 0 atom stereocenters. The Balaban J connectivity index is 1.64. The number of amides is 1. The number of nitrogens with one attached hydrogen (secondary N) is 1. The van der Waals surface area contributed by atoms with Crippen LogP contribution in [0.2, 0.25) is 0 Å². The van der Waals surface area contributed by atoms with Crippen LogP contribution in [0.4, 0.5) is 0 Å². The monoisotopic (exact) mass is 462 g/mol. The highest BCUT2D eigenvalue weighted by Gasteiger charge is 2.14. The van der Waals surface area contributed by atoms with Gasteiger partial charge in [0, 0.05) is 0 Å². The van der Waals surface area contributed by atoms with Crippen molar-refractivity contribution in [2.24, 2.45) is 5.10 Å². The van der Waals surface area contributed by atoms with E-state index in [0.717, 1.165) is 6.42 Å². The summed E-state index contributed by atoms with van der Waals surface area (Å²) < 4.78 is 21.5. The number of carbonyl (C=O) groups excluding carboxylic acids is 2. The molecular formula is C26H26N2O6. The summed E-state index contributed by atoms with van der Waals surface area (Å²) in [6.07, 6.45) is 2.36. The molecular weight excluding hydrogens is 436 g/mol. The summed E-state index contributed by atoms with van der Waals surface area (Å²) in [5.74, 6) is 0.817. The summed E-state index contributed by atoms with van der Waals surface area (Å²) in [5.41, 5.74) is 3.85. The van der Waals surface area contributed by atoms with E-state index in [9.17, 15) is 9.59 Å². The topological polar surface area (TPSA) is 95.5 Å². The highest BCUT2D eigenvalue weighted by Crippen LogP contribution is 2.28. The molecule has 0 saturated heterocycles. The summed E-state index contributed by atoms with van der Waals surface area (Å²) in [7, 11) is 2.96. The Hall–Kier alpha value is -4.33. The predicted octanol–water partition coefficient (Wildman–Crippen LogP) is 4.48. The fourth-order valence-electron chi connectivity index (χ4n) is 2.97. The molecule has 0 aliphatic rings. The Morgan fingerprint density at radius 2 is 1.65 bits per heavy atom. The van der Waals surface area contributed by atoms with E-state index in [-0.39, 0.29) is 5.75 Å². The van der Waals surface area contributed by atoms with Crippen molar-refractivity contribution in [2.45, 2.75) is 13.3 Å². The molecule has 176 valence electrons. The maximum Gasteiger partial charge on any atom is 0.343 e. The fourth-order valence-corrected chi connectivity index (χ4v) is 2.97. The van der Waals surface area contributed by atoms with E-state index in [0.29, 0.717) is 40.5 Å². The van der Waals surface area contributed by atoms with Crippen LogP contribution in [0.5, 0.6) is 23.0 Å². The number of hydrazone groups is 1. The third kappa shape index (κ3) is 6.35. The second kappa shape index (κ2) is 12.1. The number of nitrogens with zero attached hydrogens (tertiary/aromatic N) is 1. The van der Waals surface area contributed by atoms with Crippen LogP contribution in [0, 0.1) is 0 Å². The van der Waals surface area contributed by atoms with Gasteiger partial charge in [0.25, 0.3) is 5.91 Å². The SMILES string of the molecule is CCCOc1ccc(C(=O)Oc2ccc(/C=N/NC(=O)c3ccccc3OC)cc2OC)cc1. The number of para-hydroxylation sites is 1. The average molecular weight is 463 g/mol. The Kier molecular flexibility index (Phi) is 8.62. The molecule has 0 saturated carbocycles. The highest BCUT2D eigenvalue weighted by atomic mass is 16.6. The third-order valence-corrected chi connectivity index (χ3v) is 4.68. The lowest BCUT2D eigenvalue weighted by Crippen LogP contribution is -2.18. The average Bonchev–Trinajstić information content (AvgIpc) is 2.88. The Morgan fingerprint density at radius 3 is 2.35 bits per heavy atom. The molecule has 0 spiro atoms. The molecule has 1 N–H and O–H groups in total. The molecule has 0 fully saturated rings. The molecule has 0 radical (unpaired) electrons. The van der Waals surface area contributed by atoms with Gasteiger partial charge in [-0.15, -0.1) is 0 Å². The first-order valence-corrected chi connectivity index (χ1v) is 10.6. The van der Waals surface area contributed by atoms with Crippen LogP contribution in [-0.2, 0) is 0 Å². The van der Waals surface area contributed by atoms with Crippen LogP contribution < -0.4 is 24.4 Å². The summed E-state index contributed by atoms with van der Waals surface area (Å²) in [4.78, 5) is 24.8. The molecule has 0 bridgehead atoms. The Morgan fingerprint density at radius 1 is 0.912 bits per heavy atom. The van der Waals surface area contributed by atoms with Gasteiger partial charge in [0.05, 0.1) is 38.2 Å². The van der Waals surface area contributed by atoms with Crippen LogP contribution in [0.1, 0.15) is 39.6 Å². The molecule has 3 rings (SSSR count). The standard InChI is InChI=1S/C26H26N2O6/c1-4-15-33-20-12-10-19(11-13-20)26(30)34-23-14-9-18(16-24(23)32-3)17-27-28-25(29)21-7-5-6-8-22(21)31-2/h5-14,16-17H,4,15H2,1-3H3,(H,28,29)/b27-17+. The summed E-state index contributed by atoms with van der Waals surface area (Å²) in [5, 5.41) is 3.98. The van der Waals surface area contributed by atoms with E-state index in [1.807, 2.05) is 6.92 Å². The van der Waals surface area contributed by atoms with Crippen LogP contribution in [0.3, 0.4) is 0 Å². The van der Waals surface area contributed by atoms with Gasteiger partial charge in [0.15, 0.2) is 11.5 Å². The van der Waals surface area contributed by atoms with Crippen LogP contribution in [-0.4, -0.2) is 38.9 Å². The summed E-state index contributed by atoms with van der Waals surface area (Å²) >= 11 is 0. The van der Waals surface area contributed by atoms with Gasteiger partial charge in [0.1, 0.15) is 11.5 Å². The van der Waals surface area contributed by atoms with Crippen molar-refractivity contribution in [3.8, 4) is 23.0 Å². The molecule has 0 unspecified atom stereocenters. The molecule has 0 aromatic heterocycles. The molecule has 8 nitrogen and oxygen atoms in total. The largest absolute Gasteiger partial charge is 0.496 e. The number of methoxy groups -OCH3 is 2. The molecule has 1 amide bonds. The molecule has 3 aromatic rings. The first kappa shape index (κ1) is 24.3. The van der Waals surface area contributed by atoms with E-state index in [1.165, 1.54) is 20.4 Å². The molecule has 3 aromatic carbocycles. The van der Waals surface area contributed by atoms with Crippen LogP contribution in [0.15, 0.2) is 71.8 Å². The van der Waals surface area contributed by atoms with Gasteiger partial charge in [-0.3, -0.25) is 4.79 Å². The maximum atomic E-state index is 12.5. The number of ether oxygens (including phenoxy) is 4. The zero-order valence-corrected chi connectivity index (χ0v) is 19.2. The van der Waals surface area contributed by atoms with E-state index in [2.05, 4.69) is 10.5 Å². The van der Waals surface area contributed by atoms with E-state index >= 15 is 0 Å². The normalized spacial score (nSPS) is 10.6. The number of carbonyl (C=O) groups is 2. The van der Waals surface area contributed by atoms with Crippen molar-refractivity contribution in [3.05, 3.63) is 83.4 Å². The molecule has 0 aliphatic carbocycles. The van der Waals surface area contributed by atoms with E-state index < -0.39 is 11.9 Å². The molecule has 34 heavy (non-hydrogen) atoms. The smallest absolute Gasteiger partial charge is 0.343 e. The predicted molar refractivity (Wildman–Crippen MR) is 128 cm³/mol. The number of rotatable bonds is 10. The van der Waals surface area contributed by atoms with Gasteiger partial charge >= 0.3 is 5.97 Å². The number of esters is 1. The minimum absolute atomic E-state index is 0.258. The quantitative estimate of drug-likeness (QED) is 0.207. The van der Waals surface area contributed by atoms with Crippen molar-refractivity contribution in [3.63, 3.8) is 0 Å². The third-order valence-electron chi connectivity index (χ3n) is 4.68. The summed E-state index contributed by atoms with van der Waals surface area (Å²) in [6.45, 7) is 2.63. The van der Waals surface area contributed by atoms with Crippen molar-refractivity contribution in [1.29, 1.82) is 0 Å². The first-order valence-electron chi connectivity index (χ1n) is 10.6. The fraction of sp³-hybridized carbons (Fsp3) is 0.192. The van der Waals surface area contributed by atoms with Gasteiger partial charge in [0.2, 0.25) is 0 Å². The highest BCUT2D eigenvalue weighted by molar-refractivity contribution is 5.97. The first-order chi connectivity index (χ1) is 16.5. The zero-order chi connectivity index (χ0) is 24.3. The molecule has 0 aliphatic heterocycles. The van der Waals surface area contributed by atoms with Crippen molar-refractivity contribution in [1.82, 2.24) is 5.43 Å². The second-order valence-corrected chi connectivity index (χ2v) is 7.07. The van der Waals surface area contributed by atoms with E-state index in [4.69, 9.17) is 18.9 Å². The lowest BCUT2D eigenvalue weighted by atomic mass is 10.2. The van der Waals surface area contributed by atoms with Crippen LogP contribution >= 0.6 is 0 Å². The lowest BCUT2D eigenvalue weighted by molar-refractivity contribution is 0.0729. The minimum atomic E-state index is -0.522. The lowest BCUT2D eigenvalue weighted by Gasteiger charge is -2.10. The Labute approximate surface area is 198 Å². The summed E-state index contributed by atoms with van der Waals surface area (Å²) in [6, 6.07) is 18.5. The van der Waals surface area contributed by atoms with Gasteiger partial charge < -0.3 is 18.9 Å². The van der Waals surface area contributed by atoms with Gasteiger partial charge in [-0.05, 0) is 66.6 Å². The number of benzene rings is 3. The van der Waals surface area contributed by atoms with Crippen molar-refractivity contribution >= 4 is 18.1 Å². The van der Waals surface area contributed by atoms with Crippen molar-refractivity contribution in [2.75, 3.05) is 20.8 Å². The van der Waals surface area contributed by atoms with Gasteiger partial charge in [-0.2, -0.15) is 5.10 Å². The molecule has 0 heterocycles. The molecule has 8 heteroatoms. The van der Waals surface area contributed by atoms with Gasteiger partial charge in [-0.25, -0.2) is 10.2 Å². The maximum absolute atomic E-state index is 12.5. The second-order valence-electron chi connectivity index (χ2n) is 7.07. The van der Waals surface area contributed by atoms with Crippen molar-refractivity contribution < 1.29 is 28.5 Å². The van der Waals surface area contributed by atoms with Gasteiger partial charge in [-0.1, -0.05) is 19.1 Å². The zero-order valence-electron chi connectivity index (χ0n) is 19.2. The van der Waals surface area contributed by atoms with Crippen LogP contribution in [0.25, 0.3) is 0 Å². The van der Waals surface area contributed by atoms with E-state index in [1.54, 1.807) is 66.7 Å².